The molecule has 0 aliphatic carbocycles. The number of alkyl carbamates (subject to hydrolysis) is 1. The highest BCUT2D eigenvalue weighted by Gasteiger charge is 2.39. The fourth-order valence-electron chi connectivity index (χ4n) is 3.70. The zero-order valence-corrected chi connectivity index (χ0v) is 16.6. The fraction of sp³-hybridized carbons (Fsp3) is 0.364. The quantitative estimate of drug-likeness (QED) is 0.866. The molecule has 2 amide bonds. The number of ether oxygens (including phenoxy) is 2. The summed E-state index contributed by atoms with van der Waals surface area (Å²) in [6.07, 6.45) is -0.488. The number of methoxy groups -OCH3 is 1. The number of carbonyl (C=O) groups excluding carboxylic acids is 2. The Labute approximate surface area is 165 Å². The zero-order chi connectivity index (χ0) is 20.3. The molecular weight excluding hydrogens is 356 g/mol. The van der Waals surface area contributed by atoms with Gasteiger partial charge in [-0.3, -0.25) is 4.79 Å². The van der Waals surface area contributed by atoms with Crippen molar-refractivity contribution < 1.29 is 19.1 Å². The summed E-state index contributed by atoms with van der Waals surface area (Å²) in [7, 11) is 1.59. The molecule has 1 unspecified atom stereocenters. The molecule has 2 aromatic rings. The SMILES string of the molecule is COc1ccc2c(c1)C(NC(=O)OCc1ccccc1)[C@@H](C)[C@H](C)N2C(C)=O. The molecule has 6 nitrogen and oxygen atoms in total. The van der Waals surface area contributed by atoms with E-state index in [1.54, 1.807) is 18.9 Å². The third-order valence-corrected chi connectivity index (χ3v) is 5.35. The molecule has 0 saturated carbocycles. The van der Waals surface area contributed by atoms with Crippen LogP contribution in [0.1, 0.15) is 37.9 Å². The second kappa shape index (κ2) is 8.33. The Hall–Kier alpha value is -3.02. The van der Waals surface area contributed by atoms with E-state index in [1.165, 1.54) is 0 Å². The Morgan fingerprint density at radius 3 is 2.46 bits per heavy atom. The van der Waals surface area contributed by atoms with Gasteiger partial charge in [0.25, 0.3) is 0 Å². The zero-order valence-electron chi connectivity index (χ0n) is 16.6. The number of fused-ring (bicyclic) bond motifs is 1. The van der Waals surface area contributed by atoms with Crippen molar-refractivity contribution in [2.45, 2.75) is 39.5 Å². The average Bonchev–Trinajstić information content (AvgIpc) is 2.70. The second-order valence-corrected chi connectivity index (χ2v) is 7.10. The van der Waals surface area contributed by atoms with E-state index in [-0.39, 0.29) is 30.5 Å². The molecule has 1 aliphatic heterocycles. The van der Waals surface area contributed by atoms with Crippen molar-refractivity contribution in [1.29, 1.82) is 0 Å². The van der Waals surface area contributed by atoms with E-state index in [0.717, 1.165) is 16.8 Å². The first-order valence-electron chi connectivity index (χ1n) is 9.37. The predicted molar refractivity (Wildman–Crippen MR) is 107 cm³/mol. The molecule has 3 rings (SSSR count). The standard InChI is InChI=1S/C22H26N2O4/c1-14-15(2)24(16(3)25)20-11-10-18(27-4)12-19(20)21(14)23-22(26)28-13-17-8-6-5-7-9-17/h5-12,14-15,21H,13H2,1-4H3,(H,23,26)/t14-,15-,21?/m0/s1. The Balaban J connectivity index is 1.84. The molecular formula is C22H26N2O4. The number of nitrogens with zero attached hydrogens (tertiary/aromatic N) is 1. The predicted octanol–water partition coefficient (Wildman–Crippen LogP) is 4.05. The maximum atomic E-state index is 12.5. The van der Waals surface area contributed by atoms with Crippen molar-refractivity contribution in [3.05, 3.63) is 59.7 Å². The Bertz CT molecular complexity index is 853. The monoisotopic (exact) mass is 382 g/mol. The van der Waals surface area contributed by atoms with E-state index < -0.39 is 6.09 Å². The summed E-state index contributed by atoms with van der Waals surface area (Å²) in [6, 6.07) is 14.7. The third-order valence-electron chi connectivity index (χ3n) is 5.35. The molecule has 1 N–H and O–H groups in total. The van der Waals surface area contributed by atoms with E-state index in [0.29, 0.717) is 5.75 Å². The van der Waals surface area contributed by atoms with Gasteiger partial charge in [0.15, 0.2) is 0 Å². The number of rotatable bonds is 4. The van der Waals surface area contributed by atoms with Crippen molar-refractivity contribution in [2.24, 2.45) is 5.92 Å². The van der Waals surface area contributed by atoms with E-state index in [4.69, 9.17) is 9.47 Å². The number of benzene rings is 2. The minimum Gasteiger partial charge on any atom is -0.497 e. The molecule has 1 aliphatic rings. The summed E-state index contributed by atoms with van der Waals surface area (Å²) in [6.45, 7) is 5.77. The summed E-state index contributed by atoms with van der Waals surface area (Å²) >= 11 is 0. The van der Waals surface area contributed by atoms with Gasteiger partial charge in [-0.25, -0.2) is 4.79 Å². The molecule has 0 saturated heterocycles. The lowest BCUT2D eigenvalue weighted by molar-refractivity contribution is -0.117. The molecule has 1 heterocycles. The van der Waals surface area contributed by atoms with Gasteiger partial charge in [-0.05, 0) is 30.7 Å². The molecule has 0 radical (unpaired) electrons. The van der Waals surface area contributed by atoms with E-state index in [9.17, 15) is 9.59 Å². The summed E-state index contributed by atoms with van der Waals surface area (Å²) in [5.74, 6) is 0.636. The van der Waals surface area contributed by atoms with Gasteiger partial charge in [0.1, 0.15) is 12.4 Å². The third kappa shape index (κ3) is 3.96. The summed E-state index contributed by atoms with van der Waals surface area (Å²) in [5.41, 5.74) is 2.55. The van der Waals surface area contributed by atoms with Crippen LogP contribution in [0.15, 0.2) is 48.5 Å². The minimum absolute atomic E-state index is 0.00668. The molecule has 148 valence electrons. The Morgan fingerprint density at radius 2 is 1.82 bits per heavy atom. The fourth-order valence-corrected chi connectivity index (χ4v) is 3.70. The Morgan fingerprint density at radius 1 is 1.11 bits per heavy atom. The van der Waals surface area contributed by atoms with Gasteiger partial charge in [-0.15, -0.1) is 0 Å². The molecule has 0 bridgehead atoms. The van der Waals surface area contributed by atoms with Crippen molar-refractivity contribution in [2.75, 3.05) is 12.0 Å². The van der Waals surface area contributed by atoms with Crippen LogP contribution in [0, 0.1) is 5.92 Å². The number of amides is 2. The first kappa shape index (κ1) is 19.7. The lowest BCUT2D eigenvalue weighted by Gasteiger charge is -2.43. The molecule has 0 aromatic heterocycles. The number of hydrogen-bond acceptors (Lipinski definition) is 4. The maximum absolute atomic E-state index is 12.5. The minimum atomic E-state index is -0.488. The van der Waals surface area contributed by atoms with Crippen molar-refractivity contribution >= 4 is 17.7 Å². The van der Waals surface area contributed by atoms with Crippen molar-refractivity contribution in [3.8, 4) is 5.75 Å². The largest absolute Gasteiger partial charge is 0.497 e. The van der Waals surface area contributed by atoms with Crippen LogP contribution in [0.5, 0.6) is 5.75 Å². The highest BCUT2D eigenvalue weighted by Crippen LogP contribution is 2.42. The van der Waals surface area contributed by atoms with Crippen LogP contribution in [0.4, 0.5) is 10.5 Å². The second-order valence-electron chi connectivity index (χ2n) is 7.10. The number of carbonyl (C=O) groups is 2. The van der Waals surface area contributed by atoms with Gasteiger partial charge in [-0.1, -0.05) is 37.3 Å². The molecule has 0 fully saturated rings. The average molecular weight is 382 g/mol. The number of anilines is 1. The van der Waals surface area contributed by atoms with Crippen LogP contribution < -0.4 is 15.0 Å². The summed E-state index contributed by atoms with van der Waals surface area (Å²) < 4.78 is 10.7. The van der Waals surface area contributed by atoms with Crippen LogP contribution in [-0.2, 0) is 16.1 Å². The van der Waals surface area contributed by atoms with Gasteiger partial charge < -0.3 is 19.7 Å². The molecule has 6 heteroatoms. The van der Waals surface area contributed by atoms with Crippen LogP contribution in [-0.4, -0.2) is 25.2 Å². The highest BCUT2D eigenvalue weighted by molar-refractivity contribution is 5.94. The van der Waals surface area contributed by atoms with Gasteiger partial charge in [0, 0.05) is 30.1 Å². The Kier molecular flexibility index (Phi) is 5.87. The smallest absolute Gasteiger partial charge is 0.407 e. The van der Waals surface area contributed by atoms with Crippen molar-refractivity contribution in [3.63, 3.8) is 0 Å². The maximum Gasteiger partial charge on any atom is 0.407 e. The lowest BCUT2D eigenvalue weighted by atomic mass is 9.83. The van der Waals surface area contributed by atoms with Crippen LogP contribution >= 0.6 is 0 Å². The van der Waals surface area contributed by atoms with Gasteiger partial charge in [0.2, 0.25) is 5.91 Å². The molecule has 3 atom stereocenters. The lowest BCUT2D eigenvalue weighted by Crippen LogP contribution is -2.50. The van der Waals surface area contributed by atoms with E-state index >= 15 is 0 Å². The number of hydrogen-bond donors (Lipinski definition) is 1. The first-order chi connectivity index (χ1) is 13.4. The van der Waals surface area contributed by atoms with Gasteiger partial charge >= 0.3 is 6.09 Å². The van der Waals surface area contributed by atoms with Gasteiger partial charge in [-0.2, -0.15) is 0 Å². The molecule has 2 aromatic carbocycles. The number of nitrogens with one attached hydrogen (secondary N) is 1. The highest BCUT2D eigenvalue weighted by atomic mass is 16.5. The van der Waals surface area contributed by atoms with Crippen LogP contribution in [0.25, 0.3) is 0 Å². The van der Waals surface area contributed by atoms with E-state index in [1.807, 2.05) is 62.4 Å². The normalized spacial score (nSPS) is 20.9. The van der Waals surface area contributed by atoms with Crippen LogP contribution in [0.2, 0.25) is 0 Å². The van der Waals surface area contributed by atoms with Crippen molar-refractivity contribution in [1.82, 2.24) is 5.32 Å². The molecule has 28 heavy (non-hydrogen) atoms. The molecule has 0 spiro atoms. The van der Waals surface area contributed by atoms with E-state index in [2.05, 4.69) is 5.32 Å². The summed E-state index contributed by atoms with van der Waals surface area (Å²) in [5, 5.41) is 2.98. The summed E-state index contributed by atoms with van der Waals surface area (Å²) in [4.78, 5) is 26.5. The van der Waals surface area contributed by atoms with Gasteiger partial charge in [0.05, 0.1) is 13.2 Å². The van der Waals surface area contributed by atoms with Crippen LogP contribution in [0.3, 0.4) is 0 Å². The topological polar surface area (TPSA) is 67.9 Å². The first-order valence-corrected chi connectivity index (χ1v) is 9.37.